The zero-order valence-electron chi connectivity index (χ0n) is 16.7. The van der Waals surface area contributed by atoms with Crippen molar-refractivity contribution in [2.45, 2.75) is 57.8 Å². The molecule has 2 fully saturated rings. The summed E-state index contributed by atoms with van der Waals surface area (Å²) in [5.41, 5.74) is 0.102. The molecule has 2 aliphatic rings. The molecule has 0 aromatic heterocycles. The van der Waals surface area contributed by atoms with Gasteiger partial charge in [-0.05, 0) is 25.3 Å². The standard InChI is InChI=1S/C21H29N3O4/c1-14(2)19(27)24-11-7-10-21(24)13-23(20(21)28)17(15(3)25)18(26)22-12-16-8-5-4-6-9-16/h4-6,8-9,14-15,17,25H,7,10-13H2,1-3H3,(H,22,26)/t15-,17?,21?/m1/s1. The second-order valence-electron chi connectivity index (χ2n) is 8.10. The molecular weight excluding hydrogens is 358 g/mol. The molecule has 3 atom stereocenters. The molecule has 2 heterocycles. The monoisotopic (exact) mass is 387 g/mol. The molecule has 1 aromatic rings. The second kappa shape index (κ2) is 7.91. The first-order valence-electron chi connectivity index (χ1n) is 9.90. The minimum atomic E-state index is -1.01. The van der Waals surface area contributed by atoms with Gasteiger partial charge in [-0.3, -0.25) is 14.4 Å². The first-order valence-corrected chi connectivity index (χ1v) is 9.90. The van der Waals surface area contributed by atoms with E-state index < -0.39 is 17.7 Å². The molecule has 0 bridgehead atoms. The molecule has 28 heavy (non-hydrogen) atoms. The van der Waals surface area contributed by atoms with E-state index in [1.54, 1.807) is 4.90 Å². The van der Waals surface area contributed by atoms with Crippen LogP contribution in [0.3, 0.4) is 0 Å². The maximum Gasteiger partial charge on any atom is 0.251 e. The van der Waals surface area contributed by atoms with Crippen LogP contribution in [-0.4, -0.2) is 63.4 Å². The van der Waals surface area contributed by atoms with Crippen molar-refractivity contribution in [1.29, 1.82) is 0 Å². The highest BCUT2D eigenvalue weighted by Gasteiger charge is 2.62. The first kappa shape index (κ1) is 20.3. The van der Waals surface area contributed by atoms with Crippen LogP contribution in [0.15, 0.2) is 30.3 Å². The Kier molecular flexibility index (Phi) is 5.74. The van der Waals surface area contributed by atoms with Crippen LogP contribution in [0.25, 0.3) is 0 Å². The highest BCUT2D eigenvalue weighted by Crippen LogP contribution is 2.41. The van der Waals surface area contributed by atoms with Gasteiger partial charge in [-0.25, -0.2) is 0 Å². The third-order valence-electron chi connectivity index (χ3n) is 5.71. The number of hydrogen-bond acceptors (Lipinski definition) is 4. The number of hydrogen-bond donors (Lipinski definition) is 2. The number of β-lactam (4-membered cyclic amide) rings is 1. The van der Waals surface area contributed by atoms with Gasteiger partial charge in [-0.2, -0.15) is 0 Å². The number of rotatable bonds is 6. The zero-order valence-corrected chi connectivity index (χ0v) is 16.7. The average molecular weight is 387 g/mol. The molecule has 1 spiro atoms. The summed E-state index contributed by atoms with van der Waals surface area (Å²) in [6.45, 7) is 6.34. The molecule has 0 radical (unpaired) electrons. The van der Waals surface area contributed by atoms with Crippen LogP contribution in [0.4, 0.5) is 0 Å². The van der Waals surface area contributed by atoms with E-state index in [2.05, 4.69) is 5.32 Å². The van der Waals surface area contributed by atoms with Crippen LogP contribution in [0, 0.1) is 5.92 Å². The van der Waals surface area contributed by atoms with Gasteiger partial charge in [0, 0.05) is 19.0 Å². The fraction of sp³-hybridized carbons (Fsp3) is 0.571. The molecule has 1 aromatic carbocycles. The molecule has 3 rings (SSSR count). The summed E-state index contributed by atoms with van der Waals surface area (Å²) >= 11 is 0. The minimum absolute atomic E-state index is 0.0346. The van der Waals surface area contributed by atoms with Crippen molar-refractivity contribution in [3.63, 3.8) is 0 Å². The lowest BCUT2D eigenvalue weighted by atomic mass is 9.82. The number of carbonyl (C=O) groups excluding carboxylic acids is 3. The van der Waals surface area contributed by atoms with Crippen LogP contribution < -0.4 is 5.32 Å². The molecule has 2 saturated heterocycles. The van der Waals surface area contributed by atoms with E-state index in [0.29, 0.717) is 26.1 Å². The van der Waals surface area contributed by atoms with Gasteiger partial charge in [0.25, 0.3) is 5.91 Å². The van der Waals surface area contributed by atoms with E-state index >= 15 is 0 Å². The summed E-state index contributed by atoms with van der Waals surface area (Å²) in [6.07, 6.45) is 0.379. The number of nitrogens with zero attached hydrogens (tertiary/aromatic N) is 2. The van der Waals surface area contributed by atoms with Crippen molar-refractivity contribution in [1.82, 2.24) is 15.1 Å². The van der Waals surface area contributed by atoms with Crippen molar-refractivity contribution in [2.24, 2.45) is 5.92 Å². The number of benzene rings is 1. The maximum atomic E-state index is 13.1. The van der Waals surface area contributed by atoms with Gasteiger partial charge >= 0.3 is 0 Å². The summed E-state index contributed by atoms with van der Waals surface area (Å²) in [7, 11) is 0. The predicted octanol–water partition coefficient (Wildman–Crippen LogP) is 0.912. The molecular formula is C21H29N3O4. The highest BCUT2D eigenvalue weighted by atomic mass is 16.3. The number of carbonyl (C=O) groups is 3. The normalized spacial score (nSPS) is 23.7. The van der Waals surface area contributed by atoms with Gasteiger partial charge in [0.05, 0.1) is 12.6 Å². The molecule has 2 N–H and O–H groups in total. The van der Waals surface area contributed by atoms with Gasteiger partial charge < -0.3 is 20.2 Å². The highest BCUT2D eigenvalue weighted by molar-refractivity contribution is 6.00. The molecule has 0 saturated carbocycles. The third-order valence-corrected chi connectivity index (χ3v) is 5.71. The lowest BCUT2D eigenvalue weighted by Gasteiger charge is -2.54. The van der Waals surface area contributed by atoms with Gasteiger partial charge in [-0.15, -0.1) is 0 Å². The SMILES string of the molecule is CC(C)C(=O)N1CCCC12CN(C(C(=O)NCc1ccccc1)[C@@H](C)O)C2=O. The quantitative estimate of drug-likeness (QED) is 0.710. The summed E-state index contributed by atoms with van der Waals surface area (Å²) in [5, 5.41) is 13.0. The molecule has 7 heteroatoms. The summed E-state index contributed by atoms with van der Waals surface area (Å²) in [6, 6.07) is 8.50. The van der Waals surface area contributed by atoms with Crippen LogP contribution >= 0.6 is 0 Å². The Morgan fingerprint density at radius 3 is 2.46 bits per heavy atom. The molecule has 152 valence electrons. The zero-order chi connectivity index (χ0) is 20.5. The van der Waals surface area contributed by atoms with Gasteiger partial charge in [0.1, 0.15) is 11.6 Å². The van der Waals surface area contributed by atoms with Crippen molar-refractivity contribution in [3.8, 4) is 0 Å². The Morgan fingerprint density at radius 1 is 1.21 bits per heavy atom. The molecule has 3 amide bonds. The van der Waals surface area contributed by atoms with Crippen LogP contribution in [0.1, 0.15) is 39.2 Å². The minimum Gasteiger partial charge on any atom is -0.391 e. The van der Waals surface area contributed by atoms with Gasteiger partial charge in [0.2, 0.25) is 11.8 Å². The summed E-state index contributed by atoms with van der Waals surface area (Å²) in [5.74, 6) is -0.840. The van der Waals surface area contributed by atoms with E-state index in [0.717, 1.165) is 12.0 Å². The number of aliphatic hydroxyl groups excluding tert-OH is 1. The Balaban J connectivity index is 1.70. The van der Waals surface area contributed by atoms with E-state index in [4.69, 9.17) is 0 Å². The topological polar surface area (TPSA) is 90.0 Å². The van der Waals surface area contributed by atoms with Crippen molar-refractivity contribution >= 4 is 17.7 Å². The first-order chi connectivity index (χ1) is 13.3. The van der Waals surface area contributed by atoms with Crippen molar-refractivity contribution < 1.29 is 19.5 Å². The Morgan fingerprint density at radius 2 is 1.89 bits per heavy atom. The van der Waals surface area contributed by atoms with Crippen molar-refractivity contribution in [2.75, 3.05) is 13.1 Å². The number of aliphatic hydroxyl groups is 1. The van der Waals surface area contributed by atoms with Crippen LogP contribution in [-0.2, 0) is 20.9 Å². The summed E-state index contributed by atoms with van der Waals surface area (Å²) in [4.78, 5) is 41.4. The van der Waals surface area contributed by atoms with E-state index in [9.17, 15) is 19.5 Å². The fourth-order valence-electron chi connectivity index (χ4n) is 4.23. The van der Waals surface area contributed by atoms with E-state index in [1.165, 1.54) is 11.8 Å². The number of amides is 3. The average Bonchev–Trinajstić information content (AvgIpc) is 3.12. The number of nitrogens with one attached hydrogen (secondary N) is 1. The van der Waals surface area contributed by atoms with E-state index in [-0.39, 0.29) is 23.6 Å². The molecule has 2 aliphatic heterocycles. The lowest BCUT2D eigenvalue weighted by Crippen LogP contribution is -2.77. The Hall–Kier alpha value is -2.41. The van der Waals surface area contributed by atoms with Gasteiger partial charge in [0.15, 0.2) is 0 Å². The maximum absolute atomic E-state index is 13.1. The fourth-order valence-corrected chi connectivity index (χ4v) is 4.23. The third kappa shape index (κ3) is 3.51. The van der Waals surface area contributed by atoms with Crippen molar-refractivity contribution in [3.05, 3.63) is 35.9 Å². The van der Waals surface area contributed by atoms with E-state index in [1.807, 2.05) is 44.2 Å². The van der Waals surface area contributed by atoms with Crippen LogP contribution in [0.5, 0.6) is 0 Å². The second-order valence-corrected chi connectivity index (χ2v) is 8.10. The molecule has 2 unspecified atom stereocenters. The lowest BCUT2D eigenvalue weighted by molar-refractivity contribution is -0.177. The Labute approximate surface area is 165 Å². The van der Waals surface area contributed by atoms with Gasteiger partial charge in [-0.1, -0.05) is 44.2 Å². The largest absolute Gasteiger partial charge is 0.391 e. The number of likely N-dealkylation sites (tertiary alicyclic amines) is 2. The molecule has 0 aliphatic carbocycles. The van der Waals surface area contributed by atoms with Crippen LogP contribution in [0.2, 0.25) is 0 Å². The molecule has 7 nitrogen and oxygen atoms in total. The Bertz CT molecular complexity index is 749. The predicted molar refractivity (Wildman–Crippen MR) is 104 cm³/mol. The smallest absolute Gasteiger partial charge is 0.251 e. The summed E-state index contributed by atoms with van der Waals surface area (Å²) < 4.78 is 0.